The Bertz CT molecular complexity index is 1160. The Hall–Kier alpha value is -3.26. The normalized spacial score (nSPS) is 16.3. The van der Waals surface area contributed by atoms with Crippen molar-refractivity contribution in [1.82, 2.24) is 0 Å². The summed E-state index contributed by atoms with van der Waals surface area (Å²) in [5.74, 6) is -0.319. The van der Waals surface area contributed by atoms with Crippen LogP contribution < -0.4 is 10.2 Å². The quantitative estimate of drug-likeness (QED) is 0.520. The van der Waals surface area contributed by atoms with Crippen LogP contribution in [0.5, 0.6) is 0 Å². The van der Waals surface area contributed by atoms with Crippen molar-refractivity contribution in [1.29, 1.82) is 0 Å². The second-order valence-electron chi connectivity index (χ2n) is 7.42. The Morgan fingerprint density at radius 1 is 1.03 bits per heavy atom. The van der Waals surface area contributed by atoms with E-state index in [1.807, 2.05) is 37.3 Å². The fourth-order valence-electron chi connectivity index (χ4n) is 3.47. The van der Waals surface area contributed by atoms with Gasteiger partial charge in [-0.3, -0.25) is 14.5 Å². The Balaban J connectivity index is 1.56. The molecule has 1 fully saturated rings. The average molecular weight is 456 g/mol. The van der Waals surface area contributed by atoms with Gasteiger partial charge in [0.15, 0.2) is 0 Å². The van der Waals surface area contributed by atoms with Crippen LogP contribution in [-0.4, -0.2) is 17.6 Å². The predicted molar refractivity (Wildman–Crippen MR) is 120 cm³/mol. The first-order chi connectivity index (χ1) is 15.2. The highest BCUT2D eigenvalue weighted by atomic mass is 32.2. The number of halogens is 3. The predicted octanol–water partition coefficient (Wildman–Crippen LogP) is 6.04. The molecule has 1 saturated heterocycles. The second kappa shape index (κ2) is 8.70. The van der Waals surface area contributed by atoms with Crippen LogP contribution >= 0.6 is 11.8 Å². The maximum Gasteiger partial charge on any atom is 0.416 e. The molecule has 2 amide bonds. The third kappa shape index (κ3) is 4.65. The number of thioether (sulfide) groups is 1. The zero-order chi connectivity index (χ0) is 22.9. The SMILES string of the molecule is Cc1ccc(N2C(=O)CS[C@H]2c2cccc(NC(=O)c3cccc(C(F)(F)F)c3)c2)cc1. The van der Waals surface area contributed by atoms with Crippen LogP contribution in [-0.2, 0) is 11.0 Å². The number of hydrogen-bond acceptors (Lipinski definition) is 3. The van der Waals surface area contributed by atoms with E-state index < -0.39 is 17.6 Å². The van der Waals surface area contributed by atoms with Crippen molar-refractivity contribution >= 4 is 35.0 Å². The van der Waals surface area contributed by atoms with Crippen LogP contribution in [0.1, 0.15) is 32.4 Å². The van der Waals surface area contributed by atoms with Gasteiger partial charge in [0.05, 0.1) is 11.3 Å². The van der Waals surface area contributed by atoms with Gasteiger partial charge in [-0.25, -0.2) is 0 Å². The van der Waals surface area contributed by atoms with E-state index in [0.29, 0.717) is 11.4 Å². The summed E-state index contributed by atoms with van der Waals surface area (Å²) in [6.45, 7) is 1.97. The maximum absolute atomic E-state index is 12.9. The van der Waals surface area contributed by atoms with Gasteiger partial charge in [-0.15, -0.1) is 11.8 Å². The van der Waals surface area contributed by atoms with E-state index in [4.69, 9.17) is 0 Å². The summed E-state index contributed by atoms with van der Waals surface area (Å²) >= 11 is 1.48. The number of carbonyl (C=O) groups is 2. The van der Waals surface area contributed by atoms with Gasteiger partial charge in [-0.2, -0.15) is 13.2 Å². The number of carbonyl (C=O) groups excluding carboxylic acids is 2. The summed E-state index contributed by atoms with van der Waals surface area (Å²) in [6.07, 6.45) is -4.53. The van der Waals surface area contributed by atoms with Gasteiger partial charge in [0.25, 0.3) is 5.91 Å². The van der Waals surface area contributed by atoms with E-state index in [0.717, 1.165) is 28.9 Å². The first kappa shape index (κ1) is 22.0. The molecule has 1 atom stereocenters. The topological polar surface area (TPSA) is 49.4 Å². The highest BCUT2D eigenvalue weighted by Gasteiger charge is 2.34. The first-order valence-electron chi connectivity index (χ1n) is 9.81. The summed E-state index contributed by atoms with van der Waals surface area (Å²) in [5, 5.41) is 2.39. The molecule has 8 heteroatoms. The van der Waals surface area contributed by atoms with E-state index >= 15 is 0 Å². The second-order valence-corrected chi connectivity index (χ2v) is 8.49. The smallest absolute Gasteiger partial charge is 0.322 e. The molecule has 4 rings (SSSR count). The molecule has 0 aromatic heterocycles. The van der Waals surface area contributed by atoms with Crippen LogP contribution in [0.25, 0.3) is 0 Å². The van der Waals surface area contributed by atoms with Crippen molar-refractivity contribution in [2.45, 2.75) is 18.5 Å². The number of rotatable bonds is 4. The van der Waals surface area contributed by atoms with Crippen molar-refractivity contribution in [3.8, 4) is 0 Å². The Morgan fingerprint density at radius 3 is 2.47 bits per heavy atom. The maximum atomic E-state index is 12.9. The van der Waals surface area contributed by atoms with E-state index in [9.17, 15) is 22.8 Å². The minimum atomic E-state index is -4.53. The van der Waals surface area contributed by atoms with Crippen molar-refractivity contribution in [3.05, 3.63) is 95.1 Å². The van der Waals surface area contributed by atoms with Crippen LogP contribution in [0.2, 0.25) is 0 Å². The number of amides is 2. The van der Waals surface area contributed by atoms with E-state index in [2.05, 4.69) is 5.32 Å². The molecule has 1 N–H and O–H groups in total. The summed E-state index contributed by atoms with van der Waals surface area (Å²) in [6, 6.07) is 18.9. The molecule has 32 heavy (non-hydrogen) atoms. The molecule has 1 heterocycles. The van der Waals surface area contributed by atoms with Gasteiger partial charge in [0, 0.05) is 16.9 Å². The van der Waals surface area contributed by atoms with Gasteiger partial charge in [0.2, 0.25) is 5.91 Å². The number of benzene rings is 3. The van der Waals surface area contributed by atoms with E-state index in [1.54, 1.807) is 23.1 Å². The number of hydrogen-bond donors (Lipinski definition) is 1. The lowest BCUT2D eigenvalue weighted by Crippen LogP contribution is -2.27. The highest BCUT2D eigenvalue weighted by molar-refractivity contribution is 8.00. The van der Waals surface area contributed by atoms with Gasteiger partial charge in [0.1, 0.15) is 5.37 Å². The van der Waals surface area contributed by atoms with Gasteiger partial charge in [-0.05, 0) is 55.0 Å². The van der Waals surface area contributed by atoms with Crippen molar-refractivity contribution in [3.63, 3.8) is 0 Å². The summed E-state index contributed by atoms with van der Waals surface area (Å²) in [5.41, 5.74) is 2.15. The number of aryl methyl sites for hydroxylation is 1. The summed E-state index contributed by atoms with van der Waals surface area (Å²) in [7, 11) is 0. The number of alkyl halides is 3. The molecule has 0 radical (unpaired) electrons. The largest absolute Gasteiger partial charge is 0.416 e. The third-order valence-corrected chi connectivity index (χ3v) is 6.27. The van der Waals surface area contributed by atoms with Crippen LogP contribution in [0.3, 0.4) is 0 Å². The van der Waals surface area contributed by atoms with Gasteiger partial charge >= 0.3 is 6.18 Å². The van der Waals surface area contributed by atoms with Gasteiger partial charge in [-0.1, -0.05) is 35.9 Å². The average Bonchev–Trinajstić information content (AvgIpc) is 3.15. The highest BCUT2D eigenvalue weighted by Crippen LogP contribution is 2.42. The van der Waals surface area contributed by atoms with Crippen molar-refractivity contribution in [2.75, 3.05) is 16.0 Å². The van der Waals surface area contributed by atoms with E-state index in [-0.39, 0.29) is 16.8 Å². The molecule has 0 bridgehead atoms. The van der Waals surface area contributed by atoms with Crippen molar-refractivity contribution in [2.24, 2.45) is 0 Å². The summed E-state index contributed by atoms with van der Waals surface area (Å²) < 4.78 is 38.8. The Kier molecular flexibility index (Phi) is 5.97. The molecule has 1 aliphatic heterocycles. The molecule has 0 spiro atoms. The fraction of sp³-hybridized carbons (Fsp3) is 0.167. The van der Waals surface area contributed by atoms with Crippen LogP contribution in [0.15, 0.2) is 72.8 Å². The monoisotopic (exact) mass is 456 g/mol. The molecule has 164 valence electrons. The lowest BCUT2D eigenvalue weighted by Gasteiger charge is -2.25. The molecule has 0 unspecified atom stereocenters. The van der Waals surface area contributed by atoms with Crippen LogP contribution in [0, 0.1) is 6.92 Å². The lowest BCUT2D eigenvalue weighted by atomic mass is 10.1. The molecular weight excluding hydrogens is 437 g/mol. The molecular formula is C24H19F3N2O2S. The number of nitrogens with one attached hydrogen (secondary N) is 1. The zero-order valence-electron chi connectivity index (χ0n) is 17.0. The van der Waals surface area contributed by atoms with Gasteiger partial charge < -0.3 is 5.32 Å². The molecule has 1 aliphatic rings. The summed E-state index contributed by atoms with van der Waals surface area (Å²) in [4.78, 5) is 26.8. The van der Waals surface area contributed by atoms with E-state index in [1.165, 1.54) is 23.9 Å². The minimum absolute atomic E-state index is 0.0118. The first-order valence-corrected chi connectivity index (χ1v) is 10.9. The Morgan fingerprint density at radius 2 is 1.75 bits per heavy atom. The number of nitrogens with zero attached hydrogens (tertiary/aromatic N) is 1. The van der Waals surface area contributed by atoms with Crippen LogP contribution in [0.4, 0.5) is 24.5 Å². The number of anilines is 2. The molecule has 3 aromatic rings. The lowest BCUT2D eigenvalue weighted by molar-refractivity contribution is -0.137. The fourth-order valence-corrected chi connectivity index (χ4v) is 4.63. The molecule has 4 nitrogen and oxygen atoms in total. The zero-order valence-corrected chi connectivity index (χ0v) is 17.8. The van der Waals surface area contributed by atoms with Crippen molar-refractivity contribution < 1.29 is 22.8 Å². The standard InChI is InChI=1S/C24H19F3N2O2S/c1-15-8-10-20(11-9-15)29-21(30)14-32-23(29)17-5-3-7-19(13-17)28-22(31)16-4-2-6-18(12-16)24(25,26)27/h2-13,23H,14H2,1H3,(H,28,31)/t23-/m0/s1. The Labute approximate surface area is 187 Å². The minimum Gasteiger partial charge on any atom is -0.322 e. The molecule has 0 aliphatic carbocycles. The molecule has 0 saturated carbocycles. The third-order valence-electron chi connectivity index (χ3n) is 5.06. The molecule has 3 aromatic carbocycles.